The van der Waals surface area contributed by atoms with Crippen LogP contribution >= 0.6 is 11.8 Å². The average Bonchev–Trinajstić information content (AvgIpc) is 3.10. The van der Waals surface area contributed by atoms with Crippen molar-refractivity contribution in [2.45, 2.75) is 23.9 Å². The molecule has 2 aromatic rings. The van der Waals surface area contributed by atoms with Crippen molar-refractivity contribution < 1.29 is 18.7 Å². The highest BCUT2D eigenvalue weighted by molar-refractivity contribution is 7.98. The van der Waals surface area contributed by atoms with Gasteiger partial charge in [0, 0.05) is 4.90 Å². The molecule has 1 heterocycles. The van der Waals surface area contributed by atoms with Gasteiger partial charge in [-0.2, -0.15) is 0 Å². The second kappa shape index (κ2) is 8.56. The number of carbonyl (C=O) groups is 2. The van der Waals surface area contributed by atoms with E-state index < -0.39 is 12.0 Å². The van der Waals surface area contributed by atoms with Crippen molar-refractivity contribution >= 4 is 23.6 Å². The third-order valence-electron chi connectivity index (χ3n) is 3.54. The Morgan fingerprint density at radius 3 is 2.58 bits per heavy atom. The van der Waals surface area contributed by atoms with Gasteiger partial charge in [-0.3, -0.25) is 9.59 Å². The standard InChI is InChI=1S/C17H20N2O4S/c1-22-16(20)8-15(11-3-5-14(24-2)6-4-11)19-17(21)12-7-13(9-18)23-10-12/h3-7,10,15H,8-9,18H2,1-2H3,(H,19,21). The first-order valence-corrected chi connectivity index (χ1v) is 8.59. The molecule has 1 aromatic carbocycles. The fourth-order valence-corrected chi connectivity index (χ4v) is 2.60. The highest BCUT2D eigenvalue weighted by atomic mass is 32.2. The first kappa shape index (κ1) is 18.1. The van der Waals surface area contributed by atoms with E-state index in [9.17, 15) is 9.59 Å². The van der Waals surface area contributed by atoms with Gasteiger partial charge in [0.2, 0.25) is 0 Å². The predicted octanol–water partition coefficient (Wildman–Crippen LogP) is 2.49. The van der Waals surface area contributed by atoms with Crippen molar-refractivity contribution in [3.05, 3.63) is 53.5 Å². The van der Waals surface area contributed by atoms with Crippen LogP contribution in [0.3, 0.4) is 0 Å². The molecule has 0 fully saturated rings. The van der Waals surface area contributed by atoms with E-state index in [1.165, 1.54) is 13.4 Å². The quantitative estimate of drug-likeness (QED) is 0.590. The van der Waals surface area contributed by atoms with Gasteiger partial charge in [0.25, 0.3) is 5.91 Å². The summed E-state index contributed by atoms with van der Waals surface area (Å²) in [6, 6.07) is 8.76. The lowest BCUT2D eigenvalue weighted by Gasteiger charge is -2.18. The van der Waals surface area contributed by atoms with E-state index in [4.69, 9.17) is 14.9 Å². The Hall–Kier alpha value is -2.25. The van der Waals surface area contributed by atoms with Crippen molar-refractivity contribution in [2.75, 3.05) is 13.4 Å². The number of nitrogens with two attached hydrogens (primary N) is 1. The van der Waals surface area contributed by atoms with E-state index in [0.29, 0.717) is 11.3 Å². The Morgan fingerprint density at radius 2 is 2.04 bits per heavy atom. The van der Waals surface area contributed by atoms with Crippen LogP contribution in [0.25, 0.3) is 0 Å². The lowest BCUT2D eigenvalue weighted by Crippen LogP contribution is -2.30. The van der Waals surface area contributed by atoms with Crippen LogP contribution in [0.5, 0.6) is 0 Å². The normalized spacial score (nSPS) is 11.8. The van der Waals surface area contributed by atoms with E-state index in [2.05, 4.69) is 5.32 Å². The molecule has 0 saturated carbocycles. The topological polar surface area (TPSA) is 94.6 Å². The molecule has 0 saturated heterocycles. The number of carbonyl (C=O) groups excluding carboxylic acids is 2. The molecule has 1 atom stereocenters. The van der Waals surface area contributed by atoms with Crippen LogP contribution in [0, 0.1) is 0 Å². The Bertz CT molecular complexity index is 697. The van der Waals surface area contributed by atoms with Gasteiger partial charge < -0.3 is 20.2 Å². The summed E-state index contributed by atoms with van der Waals surface area (Å²) in [4.78, 5) is 25.2. The molecule has 0 aliphatic rings. The number of hydrogen-bond donors (Lipinski definition) is 2. The van der Waals surface area contributed by atoms with Crippen molar-refractivity contribution in [3.63, 3.8) is 0 Å². The maximum Gasteiger partial charge on any atom is 0.307 e. The Kier molecular flexibility index (Phi) is 6.45. The average molecular weight is 348 g/mol. The predicted molar refractivity (Wildman–Crippen MR) is 91.7 cm³/mol. The van der Waals surface area contributed by atoms with Gasteiger partial charge in [-0.15, -0.1) is 11.8 Å². The van der Waals surface area contributed by atoms with Gasteiger partial charge in [-0.25, -0.2) is 0 Å². The van der Waals surface area contributed by atoms with Crippen molar-refractivity contribution in [1.82, 2.24) is 5.32 Å². The summed E-state index contributed by atoms with van der Waals surface area (Å²) in [7, 11) is 1.32. The first-order valence-electron chi connectivity index (χ1n) is 7.36. The number of esters is 1. The number of hydrogen-bond acceptors (Lipinski definition) is 6. The maximum atomic E-state index is 12.4. The molecule has 0 aliphatic carbocycles. The summed E-state index contributed by atoms with van der Waals surface area (Å²) in [5.41, 5.74) is 6.67. The summed E-state index contributed by atoms with van der Waals surface area (Å²) >= 11 is 1.62. The monoisotopic (exact) mass is 348 g/mol. The molecule has 1 amide bonds. The number of furan rings is 1. The number of rotatable bonds is 7. The van der Waals surface area contributed by atoms with Crippen LogP contribution in [0.15, 0.2) is 45.9 Å². The van der Waals surface area contributed by atoms with Crippen molar-refractivity contribution in [3.8, 4) is 0 Å². The maximum absolute atomic E-state index is 12.4. The summed E-state index contributed by atoms with van der Waals surface area (Å²) in [6.45, 7) is 0.217. The van der Waals surface area contributed by atoms with Gasteiger partial charge in [-0.1, -0.05) is 12.1 Å². The molecule has 6 nitrogen and oxygen atoms in total. The van der Waals surface area contributed by atoms with Crippen molar-refractivity contribution in [2.24, 2.45) is 5.73 Å². The van der Waals surface area contributed by atoms with E-state index >= 15 is 0 Å². The van der Waals surface area contributed by atoms with Gasteiger partial charge in [0.05, 0.1) is 31.7 Å². The molecule has 2 rings (SSSR count). The highest BCUT2D eigenvalue weighted by Gasteiger charge is 2.20. The Labute approximate surface area is 144 Å². The number of ether oxygens (including phenoxy) is 1. The molecule has 0 aliphatic heterocycles. The molecule has 7 heteroatoms. The molecular weight excluding hydrogens is 328 g/mol. The first-order chi connectivity index (χ1) is 11.6. The number of benzene rings is 1. The zero-order valence-electron chi connectivity index (χ0n) is 13.6. The molecule has 24 heavy (non-hydrogen) atoms. The van der Waals surface area contributed by atoms with E-state index in [0.717, 1.165) is 10.5 Å². The summed E-state index contributed by atoms with van der Waals surface area (Å²) in [5, 5.41) is 2.84. The van der Waals surface area contributed by atoms with E-state index in [1.54, 1.807) is 17.8 Å². The Balaban J connectivity index is 2.18. The third kappa shape index (κ3) is 4.62. The zero-order chi connectivity index (χ0) is 17.5. The third-order valence-corrected chi connectivity index (χ3v) is 4.28. The lowest BCUT2D eigenvalue weighted by molar-refractivity contribution is -0.141. The minimum Gasteiger partial charge on any atom is -0.469 e. The lowest BCUT2D eigenvalue weighted by atomic mass is 10.0. The van der Waals surface area contributed by atoms with Crippen LogP contribution in [0.4, 0.5) is 0 Å². The highest BCUT2D eigenvalue weighted by Crippen LogP contribution is 2.22. The van der Waals surface area contributed by atoms with Crippen LogP contribution in [-0.4, -0.2) is 25.2 Å². The second-order valence-corrected chi connectivity index (χ2v) is 5.96. The second-order valence-electron chi connectivity index (χ2n) is 5.09. The summed E-state index contributed by atoms with van der Waals surface area (Å²) < 4.78 is 9.90. The molecule has 0 radical (unpaired) electrons. The molecule has 0 bridgehead atoms. The number of methoxy groups -OCH3 is 1. The van der Waals surface area contributed by atoms with Crippen LogP contribution in [-0.2, 0) is 16.1 Å². The zero-order valence-corrected chi connectivity index (χ0v) is 14.4. The van der Waals surface area contributed by atoms with E-state index in [1.807, 2.05) is 30.5 Å². The molecule has 128 valence electrons. The Morgan fingerprint density at radius 1 is 1.33 bits per heavy atom. The molecule has 1 aromatic heterocycles. The summed E-state index contributed by atoms with van der Waals surface area (Å²) in [6.07, 6.45) is 3.38. The van der Waals surface area contributed by atoms with E-state index in [-0.39, 0.29) is 18.9 Å². The minimum atomic E-state index is -0.489. The van der Waals surface area contributed by atoms with Gasteiger partial charge in [-0.05, 0) is 30.0 Å². The van der Waals surface area contributed by atoms with Gasteiger partial charge in [0.15, 0.2) is 0 Å². The number of thioether (sulfide) groups is 1. The largest absolute Gasteiger partial charge is 0.469 e. The van der Waals surface area contributed by atoms with Gasteiger partial charge in [0.1, 0.15) is 12.0 Å². The fraction of sp³-hybridized carbons (Fsp3) is 0.294. The SMILES string of the molecule is COC(=O)CC(NC(=O)c1coc(CN)c1)c1ccc(SC)cc1. The van der Waals surface area contributed by atoms with Gasteiger partial charge >= 0.3 is 5.97 Å². The molecule has 0 spiro atoms. The molecular formula is C17H20N2O4S. The molecule has 1 unspecified atom stereocenters. The number of nitrogens with one attached hydrogen (secondary N) is 1. The van der Waals surface area contributed by atoms with Crippen molar-refractivity contribution in [1.29, 1.82) is 0 Å². The van der Waals surface area contributed by atoms with Crippen LogP contribution in [0.1, 0.15) is 34.1 Å². The minimum absolute atomic E-state index is 0.0441. The van der Waals surface area contributed by atoms with Crippen LogP contribution in [0.2, 0.25) is 0 Å². The molecule has 3 N–H and O–H groups in total. The fourth-order valence-electron chi connectivity index (χ4n) is 2.19. The van der Waals surface area contributed by atoms with Crippen LogP contribution < -0.4 is 11.1 Å². The summed E-state index contributed by atoms with van der Waals surface area (Å²) in [5.74, 6) is -0.209. The smallest absolute Gasteiger partial charge is 0.307 e. The number of amides is 1.